The highest BCUT2D eigenvalue weighted by molar-refractivity contribution is 6.16. The van der Waals surface area contributed by atoms with Crippen LogP contribution in [0.2, 0.25) is 0 Å². The first-order chi connectivity index (χ1) is 13.0. The first-order valence-corrected chi connectivity index (χ1v) is 7.86. The molecule has 0 aromatic heterocycles. The van der Waals surface area contributed by atoms with Crippen LogP contribution in [-0.4, -0.2) is 32.2 Å². The van der Waals surface area contributed by atoms with Crippen molar-refractivity contribution in [2.45, 2.75) is 6.61 Å². The van der Waals surface area contributed by atoms with E-state index < -0.39 is 10.9 Å². The zero-order valence-corrected chi connectivity index (χ0v) is 15.1. The molecule has 0 amide bonds. The summed E-state index contributed by atoms with van der Waals surface area (Å²) in [7, 11) is 4.11. The van der Waals surface area contributed by atoms with Crippen LogP contribution in [0, 0.1) is 10.1 Å². The van der Waals surface area contributed by atoms with Gasteiger partial charge in [0.2, 0.25) is 0 Å². The molecule has 0 aliphatic rings. The highest BCUT2D eigenvalue weighted by Crippen LogP contribution is 2.32. The molecular formula is C19H19NO7. The first-order valence-electron chi connectivity index (χ1n) is 7.86. The summed E-state index contributed by atoms with van der Waals surface area (Å²) in [4.78, 5) is 22.8. The molecule has 27 heavy (non-hydrogen) atoms. The predicted molar refractivity (Wildman–Crippen MR) is 97.4 cm³/mol. The summed E-state index contributed by atoms with van der Waals surface area (Å²) in [6, 6.07) is 11.3. The largest absolute Gasteiger partial charge is 0.503 e. The van der Waals surface area contributed by atoms with Crippen LogP contribution in [0.25, 0.3) is 5.57 Å². The van der Waals surface area contributed by atoms with Crippen molar-refractivity contribution in [2.75, 3.05) is 21.3 Å². The highest BCUT2D eigenvalue weighted by Gasteiger charge is 2.19. The van der Waals surface area contributed by atoms with Crippen LogP contribution in [0.3, 0.4) is 0 Å². The molecule has 0 fully saturated rings. The summed E-state index contributed by atoms with van der Waals surface area (Å²) in [5.74, 6) is -0.129. The number of carbonyl (C=O) groups is 1. The molecule has 0 radical (unpaired) electrons. The minimum atomic E-state index is -0.570. The van der Waals surface area contributed by atoms with E-state index in [0.717, 1.165) is 0 Å². The highest BCUT2D eigenvalue weighted by atomic mass is 16.6. The fourth-order valence-corrected chi connectivity index (χ4v) is 2.40. The lowest BCUT2D eigenvalue weighted by Gasteiger charge is -2.13. The van der Waals surface area contributed by atoms with Gasteiger partial charge in [0.25, 0.3) is 0 Å². The zero-order valence-electron chi connectivity index (χ0n) is 15.1. The quantitative estimate of drug-likeness (QED) is 0.230. The van der Waals surface area contributed by atoms with E-state index in [1.54, 1.807) is 30.3 Å². The van der Waals surface area contributed by atoms with Gasteiger partial charge >= 0.3 is 11.7 Å². The van der Waals surface area contributed by atoms with Crippen molar-refractivity contribution < 1.29 is 28.7 Å². The number of esters is 1. The van der Waals surface area contributed by atoms with Crippen molar-refractivity contribution in [1.29, 1.82) is 0 Å². The molecule has 142 valence electrons. The first kappa shape index (κ1) is 19.8. The maximum absolute atomic E-state index is 12.0. The molecule has 0 saturated carbocycles. The molecule has 8 nitrogen and oxygen atoms in total. The molecule has 0 aliphatic carbocycles. The van der Waals surface area contributed by atoms with Crippen molar-refractivity contribution in [1.82, 2.24) is 0 Å². The second-order valence-electron chi connectivity index (χ2n) is 5.30. The summed E-state index contributed by atoms with van der Waals surface area (Å²) in [6.07, 6.45) is 1.28. The Balaban J connectivity index is 2.34. The Hall–Kier alpha value is -3.55. The number of nitro groups is 1. The Morgan fingerprint density at radius 1 is 1.15 bits per heavy atom. The molecule has 2 aromatic rings. The fraction of sp³-hybridized carbons (Fsp3) is 0.211. The maximum atomic E-state index is 12.0. The van der Waals surface area contributed by atoms with Crippen LogP contribution in [0.4, 0.5) is 5.69 Å². The van der Waals surface area contributed by atoms with Gasteiger partial charge in [0, 0.05) is 0 Å². The second kappa shape index (κ2) is 9.23. The van der Waals surface area contributed by atoms with E-state index in [-0.39, 0.29) is 23.6 Å². The van der Waals surface area contributed by atoms with Gasteiger partial charge in [-0.3, -0.25) is 10.1 Å². The van der Waals surface area contributed by atoms with Gasteiger partial charge in [-0.2, -0.15) is 0 Å². The van der Waals surface area contributed by atoms with Crippen LogP contribution in [0.15, 0.2) is 48.7 Å². The minimum absolute atomic E-state index is 0.00138. The number of methoxy groups -OCH3 is 3. The average molecular weight is 373 g/mol. The van der Waals surface area contributed by atoms with E-state index in [1.807, 2.05) is 0 Å². The zero-order chi connectivity index (χ0) is 19.8. The lowest BCUT2D eigenvalue weighted by Crippen LogP contribution is -2.08. The Morgan fingerprint density at radius 2 is 1.89 bits per heavy atom. The third kappa shape index (κ3) is 4.75. The second-order valence-corrected chi connectivity index (χ2v) is 5.30. The van der Waals surface area contributed by atoms with E-state index in [0.29, 0.717) is 16.9 Å². The smallest absolute Gasteiger partial charge is 0.341 e. The molecular weight excluding hydrogens is 354 g/mol. The van der Waals surface area contributed by atoms with Crippen molar-refractivity contribution in [3.8, 4) is 11.5 Å². The molecule has 0 bridgehead atoms. The Kier molecular flexibility index (Phi) is 6.76. The van der Waals surface area contributed by atoms with Gasteiger partial charge in [0.1, 0.15) is 17.9 Å². The van der Waals surface area contributed by atoms with Crippen LogP contribution in [0.1, 0.15) is 11.1 Å². The van der Waals surface area contributed by atoms with Gasteiger partial charge in [-0.15, -0.1) is 0 Å². The van der Waals surface area contributed by atoms with Crippen LogP contribution in [0.5, 0.6) is 11.5 Å². The molecule has 2 rings (SSSR count). The molecule has 0 heterocycles. The minimum Gasteiger partial charge on any atom is -0.503 e. The lowest BCUT2D eigenvalue weighted by atomic mass is 10.0. The molecule has 0 unspecified atom stereocenters. The number of carbonyl (C=O) groups excluding carboxylic acids is 1. The standard InChI is InChI=1S/C19H19NO7/c1-24-12-16(19(21)26-3)15-7-5-4-6-13(15)11-27-18-9-8-14(25-2)10-17(18)20(22)23/h4-10,12H,11H2,1-3H3. The molecule has 8 heteroatoms. The van der Waals surface area contributed by atoms with E-state index in [1.165, 1.54) is 39.7 Å². The van der Waals surface area contributed by atoms with E-state index in [2.05, 4.69) is 0 Å². The van der Waals surface area contributed by atoms with Crippen LogP contribution < -0.4 is 9.47 Å². The molecule has 0 N–H and O–H groups in total. The maximum Gasteiger partial charge on any atom is 0.341 e. The number of ether oxygens (including phenoxy) is 4. The lowest BCUT2D eigenvalue weighted by molar-refractivity contribution is -0.386. The van der Waals surface area contributed by atoms with E-state index in [4.69, 9.17) is 18.9 Å². The van der Waals surface area contributed by atoms with Crippen LogP contribution >= 0.6 is 0 Å². The Labute approximate surface area is 156 Å². The predicted octanol–water partition coefficient (Wildman–Crippen LogP) is 3.34. The van der Waals surface area contributed by atoms with Crippen molar-refractivity contribution in [3.05, 3.63) is 70.0 Å². The van der Waals surface area contributed by atoms with Crippen LogP contribution in [-0.2, 0) is 20.9 Å². The number of rotatable bonds is 8. The Bertz CT molecular complexity index is 861. The third-order valence-electron chi connectivity index (χ3n) is 3.69. The SMILES string of the molecule is COC=C(C(=O)OC)c1ccccc1COc1ccc(OC)cc1[N+](=O)[O-]. The van der Waals surface area contributed by atoms with Crippen molar-refractivity contribution in [3.63, 3.8) is 0 Å². The summed E-state index contributed by atoms with van der Waals surface area (Å²) < 4.78 is 20.4. The third-order valence-corrected chi connectivity index (χ3v) is 3.69. The number of benzene rings is 2. The molecule has 0 spiro atoms. The van der Waals surface area contributed by atoms with Crippen molar-refractivity contribution >= 4 is 17.2 Å². The monoisotopic (exact) mass is 373 g/mol. The van der Waals surface area contributed by atoms with Gasteiger partial charge in [-0.05, 0) is 23.3 Å². The summed E-state index contributed by atoms with van der Waals surface area (Å²) in [5, 5.41) is 11.3. The normalized spacial score (nSPS) is 10.9. The van der Waals surface area contributed by atoms with Gasteiger partial charge < -0.3 is 18.9 Å². The van der Waals surface area contributed by atoms with Crippen molar-refractivity contribution in [2.24, 2.45) is 0 Å². The molecule has 2 aromatic carbocycles. The Morgan fingerprint density at radius 3 is 2.52 bits per heavy atom. The van der Waals surface area contributed by atoms with Gasteiger partial charge in [-0.25, -0.2) is 4.79 Å². The summed E-state index contributed by atoms with van der Waals surface area (Å²) in [6.45, 7) is 0.00138. The number of nitro benzene ring substituents is 1. The summed E-state index contributed by atoms with van der Waals surface area (Å²) >= 11 is 0. The van der Waals surface area contributed by atoms with E-state index >= 15 is 0 Å². The summed E-state index contributed by atoms with van der Waals surface area (Å²) in [5.41, 5.74) is 1.18. The van der Waals surface area contributed by atoms with Gasteiger partial charge in [0.15, 0.2) is 5.75 Å². The van der Waals surface area contributed by atoms with E-state index in [9.17, 15) is 14.9 Å². The topological polar surface area (TPSA) is 97.1 Å². The number of hydrogen-bond donors (Lipinski definition) is 0. The average Bonchev–Trinajstić information content (AvgIpc) is 2.70. The number of nitrogens with zero attached hydrogens (tertiary/aromatic N) is 1. The fourth-order valence-electron chi connectivity index (χ4n) is 2.40. The molecule has 0 saturated heterocycles. The van der Waals surface area contributed by atoms with Gasteiger partial charge in [0.05, 0.1) is 38.6 Å². The molecule has 0 atom stereocenters. The van der Waals surface area contributed by atoms with Gasteiger partial charge in [-0.1, -0.05) is 24.3 Å². The molecule has 0 aliphatic heterocycles. The number of hydrogen-bond acceptors (Lipinski definition) is 7.